The average Bonchev–Trinajstić information content (AvgIpc) is 2.55. The van der Waals surface area contributed by atoms with E-state index in [1.165, 1.54) is 24.3 Å². The van der Waals surface area contributed by atoms with E-state index in [0.29, 0.717) is 16.3 Å². The van der Waals surface area contributed by atoms with Crippen LogP contribution in [0.1, 0.15) is 5.56 Å². The van der Waals surface area contributed by atoms with Crippen molar-refractivity contribution in [2.45, 2.75) is 0 Å². The van der Waals surface area contributed by atoms with E-state index in [2.05, 4.69) is 5.32 Å². The van der Waals surface area contributed by atoms with Gasteiger partial charge in [-0.25, -0.2) is 4.79 Å². The van der Waals surface area contributed by atoms with E-state index in [0.717, 1.165) is 0 Å². The summed E-state index contributed by atoms with van der Waals surface area (Å²) in [5.74, 6) is -2.04. The molecule has 1 aliphatic rings. The van der Waals surface area contributed by atoms with Crippen LogP contribution in [0.4, 0.5) is 5.69 Å². The van der Waals surface area contributed by atoms with Crippen molar-refractivity contribution in [3.05, 3.63) is 34.4 Å². The van der Waals surface area contributed by atoms with Gasteiger partial charge in [0.15, 0.2) is 5.57 Å². The molecule has 1 amide bonds. The molecule has 0 saturated carbocycles. The highest BCUT2D eigenvalue weighted by Crippen LogP contribution is 2.35. The molecule has 0 aliphatic carbocycles. The number of anilines is 1. The van der Waals surface area contributed by atoms with Gasteiger partial charge in [0.1, 0.15) is 6.07 Å². The van der Waals surface area contributed by atoms with E-state index in [9.17, 15) is 9.59 Å². The summed E-state index contributed by atoms with van der Waals surface area (Å²) in [5, 5.41) is 20.5. The van der Waals surface area contributed by atoms with E-state index < -0.39 is 17.4 Å². The second-order valence-electron chi connectivity index (χ2n) is 3.31. The van der Waals surface area contributed by atoms with Gasteiger partial charge in [-0.05, 0) is 12.1 Å². The molecule has 6 heteroatoms. The zero-order chi connectivity index (χ0) is 12.6. The number of benzene rings is 1. The summed E-state index contributed by atoms with van der Waals surface area (Å²) in [4.78, 5) is 22.5. The van der Waals surface area contributed by atoms with Gasteiger partial charge < -0.3 is 10.4 Å². The maximum atomic E-state index is 11.6. The van der Waals surface area contributed by atoms with Gasteiger partial charge in [-0.2, -0.15) is 5.26 Å². The molecule has 0 fully saturated rings. The van der Waals surface area contributed by atoms with E-state index >= 15 is 0 Å². The molecule has 0 spiro atoms. The van der Waals surface area contributed by atoms with Crippen LogP contribution in [0.25, 0.3) is 5.57 Å². The van der Waals surface area contributed by atoms with Crippen molar-refractivity contribution >= 4 is 34.7 Å². The monoisotopic (exact) mass is 248 g/mol. The van der Waals surface area contributed by atoms with Crippen LogP contribution in [0.15, 0.2) is 23.8 Å². The second-order valence-corrected chi connectivity index (χ2v) is 3.75. The van der Waals surface area contributed by atoms with Gasteiger partial charge in [0.25, 0.3) is 5.91 Å². The molecule has 0 bridgehead atoms. The molecule has 5 nitrogen and oxygen atoms in total. The Kier molecular flexibility index (Phi) is 2.58. The van der Waals surface area contributed by atoms with Gasteiger partial charge in [-0.1, -0.05) is 17.7 Å². The number of rotatable bonds is 1. The van der Waals surface area contributed by atoms with Crippen molar-refractivity contribution < 1.29 is 14.7 Å². The first kappa shape index (κ1) is 11.2. The van der Waals surface area contributed by atoms with Crippen molar-refractivity contribution in [2.24, 2.45) is 0 Å². The Bertz CT molecular complexity index is 614. The number of aliphatic carboxylic acids is 1. The summed E-state index contributed by atoms with van der Waals surface area (Å²) in [6.45, 7) is 0. The highest BCUT2D eigenvalue weighted by atomic mass is 35.5. The number of hydrogen-bond donors (Lipinski definition) is 2. The predicted molar refractivity (Wildman–Crippen MR) is 60.3 cm³/mol. The number of carbonyl (C=O) groups is 2. The van der Waals surface area contributed by atoms with Gasteiger partial charge in [-0.15, -0.1) is 0 Å². The largest absolute Gasteiger partial charge is 0.477 e. The maximum Gasteiger partial charge on any atom is 0.347 e. The molecule has 0 radical (unpaired) electrons. The summed E-state index contributed by atoms with van der Waals surface area (Å²) < 4.78 is 0. The third kappa shape index (κ3) is 1.75. The highest BCUT2D eigenvalue weighted by Gasteiger charge is 2.30. The molecule has 1 aromatic carbocycles. The molecule has 84 valence electrons. The summed E-state index contributed by atoms with van der Waals surface area (Å²) >= 11 is 5.75. The van der Waals surface area contributed by atoms with E-state index in [-0.39, 0.29) is 5.57 Å². The van der Waals surface area contributed by atoms with Crippen LogP contribution >= 0.6 is 11.6 Å². The minimum atomic E-state index is -1.43. The number of nitriles is 1. The number of hydrogen-bond acceptors (Lipinski definition) is 3. The summed E-state index contributed by atoms with van der Waals surface area (Å²) in [6.07, 6.45) is 0. The Labute approximate surface area is 101 Å². The lowest BCUT2D eigenvalue weighted by molar-refractivity contribution is -0.132. The molecule has 2 N–H and O–H groups in total. The zero-order valence-electron chi connectivity index (χ0n) is 8.32. The van der Waals surface area contributed by atoms with Gasteiger partial charge >= 0.3 is 5.97 Å². The lowest BCUT2D eigenvalue weighted by atomic mass is 10.0. The second kappa shape index (κ2) is 3.92. The first-order valence-electron chi connectivity index (χ1n) is 4.53. The smallest absolute Gasteiger partial charge is 0.347 e. The number of carboxylic acid groups (broad SMARTS) is 1. The van der Waals surface area contributed by atoms with Gasteiger partial charge in [-0.3, -0.25) is 4.79 Å². The number of fused-ring (bicyclic) bond motifs is 1. The predicted octanol–water partition coefficient (Wildman–Crippen LogP) is 1.65. The summed E-state index contributed by atoms with van der Waals surface area (Å²) in [7, 11) is 0. The first-order valence-corrected chi connectivity index (χ1v) is 4.91. The number of amides is 1. The summed E-state index contributed by atoms with van der Waals surface area (Å²) in [6, 6.07) is 6.04. The van der Waals surface area contributed by atoms with Crippen LogP contribution in [0.5, 0.6) is 0 Å². The number of carboxylic acids is 1. The Morgan fingerprint density at radius 3 is 2.76 bits per heavy atom. The Morgan fingerprint density at radius 1 is 1.47 bits per heavy atom. The fourth-order valence-corrected chi connectivity index (χ4v) is 1.78. The first-order chi connectivity index (χ1) is 8.04. The molecule has 1 heterocycles. The zero-order valence-corrected chi connectivity index (χ0v) is 9.08. The lowest BCUT2D eigenvalue weighted by Gasteiger charge is -1.99. The Hall–Kier alpha value is -2.32. The SMILES string of the molecule is N#CC(C(=O)O)=C1C(=O)Nc2cc(Cl)ccc21. The van der Waals surface area contributed by atoms with Gasteiger partial charge in [0.2, 0.25) is 0 Å². The molecule has 2 rings (SSSR count). The third-order valence-corrected chi connectivity index (χ3v) is 2.54. The molecule has 1 aliphatic heterocycles. The van der Waals surface area contributed by atoms with Crippen LogP contribution < -0.4 is 5.32 Å². The van der Waals surface area contributed by atoms with Crippen LogP contribution in [0.3, 0.4) is 0 Å². The van der Waals surface area contributed by atoms with Crippen molar-refractivity contribution in [3.8, 4) is 6.07 Å². The van der Waals surface area contributed by atoms with Crippen LogP contribution in [-0.2, 0) is 9.59 Å². The summed E-state index contributed by atoms with van der Waals surface area (Å²) in [5.41, 5.74) is 0.0695. The topological polar surface area (TPSA) is 90.2 Å². The van der Waals surface area contributed by atoms with E-state index in [4.69, 9.17) is 22.0 Å². The number of nitrogens with zero attached hydrogens (tertiary/aromatic N) is 1. The average molecular weight is 249 g/mol. The quantitative estimate of drug-likeness (QED) is 0.584. The van der Waals surface area contributed by atoms with Gasteiger partial charge in [0, 0.05) is 10.6 Å². The molecule has 0 saturated heterocycles. The van der Waals surface area contributed by atoms with E-state index in [1.54, 1.807) is 0 Å². The molecule has 1 aromatic rings. The molecular weight excluding hydrogens is 244 g/mol. The molecule has 0 aromatic heterocycles. The number of nitrogens with one attached hydrogen (secondary N) is 1. The van der Waals surface area contributed by atoms with Crippen molar-refractivity contribution in [2.75, 3.05) is 5.32 Å². The highest BCUT2D eigenvalue weighted by molar-refractivity contribution is 6.37. The van der Waals surface area contributed by atoms with Gasteiger partial charge in [0.05, 0.1) is 11.3 Å². The minimum absolute atomic E-state index is 0.133. The van der Waals surface area contributed by atoms with Crippen LogP contribution in [0.2, 0.25) is 5.02 Å². The molecule has 0 unspecified atom stereocenters. The number of carbonyl (C=O) groups excluding carboxylic acids is 1. The lowest BCUT2D eigenvalue weighted by Crippen LogP contribution is -2.09. The van der Waals surface area contributed by atoms with Crippen LogP contribution in [-0.4, -0.2) is 17.0 Å². The Balaban J connectivity index is 2.72. The van der Waals surface area contributed by atoms with Crippen molar-refractivity contribution in [1.29, 1.82) is 5.26 Å². The maximum absolute atomic E-state index is 11.6. The fraction of sp³-hybridized carbons (Fsp3) is 0. The Morgan fingerprint density at radius 2 is 2.18 bits per heavy atom. The molecular formula is C11H5ClN2O3. The van der Waals surface area contributed by atoms with E-state index in [1.807, 2.05) is 0 Å². The minimum Gasteiger partial charge on any atom is -0.477 e. The molecule has 17 heavy (non-hydrogen) atoms. The normalized spacial score (nSPS) is 15.9. The van der Waals surface area contributed by atoms with Crippen molar-refractivity contribution in [3.63, 3.8) is 0 Å². The van der Waals surface area contributed by atoms with Crippen molar-refractivity contribution in [1.82, 2.24) is 0 Å². The standard InChI is InChI=1S/C11H5ClN2O3/c12-5-1-2-6-8(3-5)14-10(15)9(6)7(4-13)11(16)17/h1-3H,(H,14,15)(H,16,17). The third-order valence-electron chi connectivity index (χ3n) is 2.30. The van der Waals surface area contributed by atoms with Crippen LogP contribution in [0, 0.1) is 11.3 Å². The fourth-order valence-electron chi connectivity index (χ4n) is 1.60. The number of halogens is 1. The molecule has 0 atom stereocenters.